The third kappa shape index (κ3) is 5.07. The normalized spacial score (nSPS) is 10.6. The molecule has 2 heterocycles. The minimum Gasteiger partial charge on any atom is -0.445 e. The highest BCUT2D eigenvalue weighted by molar-refractivity contribution is 8.00. The van der Waals surface area contributed by atoms with Gasteiger partial charge in [-0.25, -0.2) is 14.8 Å². The number of urea groups is 1. The molecule has 0 saturated heterocycles. The first kappa shape index (κ1) is 17.5. The third-order valence-electron chi connectivity index (χ3n) is 3.30. The highest BCUT2D eigenvalue weighted by Crippen LogP contribution is 2.30. The summed E-state index contributed by atoms with van der Waals surface area (Å²) in [5.74, 6) is 2.22. The lowest BCUT2D eigenvalue weighted by Gasteiger charge is -2.05. The SMILES string of the molecule is CCc1cnc(CSc2cnc(NC(=O)Nc3ccc(C)cc3)s2)o1. The molecule has 1 aromatic carbocycles. The monoisotopic (exact) mass is 374 g/mol. The van der Waals surface area contributed by atoms with E-state index in [0.29, 0.717) is 16.8 Å². The summed E-state index contributed by atoms with van der Waals surface area (Å²) < 4.78 is 6.56. The number of thioether (sulfide) groups is 1. The average Bonchev–Trinajstić information content (AvgIpc) is 3.24. The van der Waals surface area contributed by atoms with Crippen molar-refractivity contribution in [2.75, 3.05) is 10.6 Å². The molecule has 2 amide bonds. The van der Waals surface area contributed by atoms with E-state index in [4.69, 9.17) is 4.42 Å². The Balaban J connectivity index is 1.50. The lowest BCUT2D eigenvalue weighted by atomic mass is 10.2. The van der Waals surface area contributed by atoms with Crippen LogP contribution in [0.3, 0.4) is 0 Å². The van der Waals surface area contributed by atoms with Gasteiger partial charge in [-0.05, 0) is 19.1 Å². The summed E-state index contributed by atoms with van der Waals surface area (Å²) in [6.07, 6.45) is 4.33. The first-order valence-corrected chi connectivity index (χ1v) is 9.59. The zero-order valence-corrected chi connectivity index (χ0v) is 15.5. The highest BCUT2D eigenvalue weighted by atomic mass is 32.2. The van der Waals surface area contributed by atoms with Gasteiger partial charge in [0.15, 0.2) is 5.13 Å². The fraction of sp³-hybridized carbons (Fsp3) is 0.235. The summed E-state index contributed by atoms with van der Waals surface area (Å²) in [5, 5.41) is 6.07. The second kappa shape index (κ2) is 8.17. The van der Waals surface area contributed by atoms with E-state index in [1.54, 1.807) is 24.2 Å². The summed E-state index contributed by atoms with van der Waals surface area (Å²) in [6.45, 7) is 4.03. The molecule has 0 radical (unpaired) electrons. The maximum Gasteiger partial charge on any atom is 0.325 e. The van der Waals surface area contributed by atoms with Crippen molar-refractivity contribution in [3.63, 3.8) is 0 Å². The van der Waals surface area contributed by atoms with Gasteiger partial charge in [-0.15, -0.1) is 11.8 Å². The second-order valence-electron chi connectivity index (χ2n) is 5.29. The van der Waals surface area contributed by atoms with Crippen molar-refractivity contribution in [2.24, 2.45) is 0 Å². The number of aryl methyl sites for hydroxylation is 2. The van der Waals surface area contributed by atoms with E-state index in [0.717, 1.165) is 27.6 Å². The van der Waals surface area contributed by atoms with Gasteiger partial charge in [-0.3, -0.25) is 5.32 Å². The van der Waals surface area contributed by atoms with Crippen molar-refractivity contribution >= 4 is 39.9 Å². The standard InChI is InChI=1S/C17H18N4O2S2/c1-3-13-8-18-14(23-13)10-24-15-9-19-17(25-15)21-16(22)20-12-6-4-11(2)5-7-12/h4-9H,3,10H2,1-2H3,(H2,19,20,21,22). The molecule has 130 valence electrons. The topological polar surface area (TPSA) is 80.0 Å². The molecule has 0 spiro atoms. The van der Waals surface area contributed by atoms with Gasteiger partial charge in [0, 0.05) is 12.1 Å². The van der Waals surface area contributed by atoms with E-state index >= 15 is 0 Å². The molecule has 0 fully saturated rings. The zero-order valence-electron chi connectivity index (χ0n) is 13.9. The third-order valence-corrected chi connectivity index (χ3v) is 5.39. The van der Waals surface area contributed by atoms with Crippen LogP contribution in [0.25, 0.3) is 0 Å². The minimum atomic E-state index is -0.310. The Bertz CT molecular complexity index is 842. The Labute approximate surface area is 154 Å². The fourth-order valence-electron chi connectivity index (χ4n) is 1.99. The number of carbonyl (C=O) groups excluding carboxylic acids is 1. The van der Waals surface area contributed by atoms with E-state index in [1.807, 2.05) is 38.1 Å². The van der Waals surface area contributed by atoms with Gasteiger partial charge in [0.25, 0.3) is 0 Å². The number of amides is 2. The Hall–Kier alpha value is -2.32. The van der Waals surface area contributed by atoms with E-state index < -0.39 is 0 Å². The molecule has 0 bridgehead atoms. The molecule has 0 aliphatic heterocycles. The van der Waals surface area contributed by atoms with Crippen LogP contribution in [-0.4, -0.2) is 16.0 Å². The van der Waals surface area contributed by atoms with E-state index in [-0.39, 0.29) is 6.03 Å². The fourth-order valence-corrected chi connectivity index (χ4v) is 3.71. The molecule has 0 saturated carbocycles. The Morgan fingerprint density at radius 2 is 2.00 bits per heavy atom. The summed E-state index contributed by atoms with van der Waals surface area (Å²) in [5.41, 5.74) is 1.88. The van der Waals surface area contributed by atoms with Crippen molar-refractivity contribution in [1.82, 2.24) is 9.97 Å². The van der Waals surface area contributed by atoms with Crippen LogP contribution in [0.15, 0.2) is 45.3 Å². The number of hydrogen-bond acceptors (Lipinski definition) is 6. The van der Waals surface area contributed by atoms with Crippen LogP contribution in [0.5, 0.6) is 0 Å². The number of nitrogens with one attached hydrogen (secondary N) is 2. The number of benzene rings is 1. The van der Waals surface area contributed by atoms with Crippen molar-refractivity contribution in [1.29, 1.82) is 0 Å². The van der Waals surface area contributed by atoms with Gasteiger partial charge in [-0.2, -0.15) is 0 Å². The summed E-state index contributed by atoms with van der Waals surface area (Å²) in [4.78, 5) is 20.5. The molecule has 3 rings (SSSR count). The first-order valence-electron chi connectivity index (χ1n) is 7.79. The molecular weight excluding hydrogens is 356 g/mol. The van der Waals surface area contributed by atoms with E-state index in [1.165, 1.54) is 11.3 Å². The number of rotatable bonds is 6. The summed E-state index contributed by atoms with van der Waals surface area (Å²) in [7, 11) is 0. The van der Waals surface area contributed by atoms with Crippen molar-refractivity contribution in [3.05, 3.63) is 53.9 Å². The largest absolute Gasteiger partial charge is 0.445 e. The van der Waals surface area contributed by atoms with Gasteiger partial charge in [-0.1, -0.05) is 36.0 Å². The predicted molar refractivity (Wildman–Crippen MR) is 101 cm³/mol. The molecular formula is C17H18N4O2S2. The number of anilines is 2. The summed E-state index contributed by atoms with van der Waals surface area (Å²) in [6, 6.07) is 7.30. The molecule has 0 aliphatic carbocycles. The van der Waals surface area contributed by atoms with Crippen LogP contribution >= 0.6 is 23.1 Å². The highest BCUT2D eigenvalue weighted by Gasteiger charge is 2.09. The molecule has 0 aliphatic rings. The Morgan fingerprint density at radius 3 is 2.72 bits per heavy atom. The molecule has 0 atom stereocenters. The van der Waals surface area contributed by atoms with Crippen LogP contribution < -0.4 is 10.6 Å². The van der Waals surface area contributed by atoms with E-state index in [2.05, 4.69) is 20.6 Å². The smallest absolute Gasteiger partial charge is 0.325 e. The van der Waals surface area contributed by atoms with Gasteiger partial charge in [0.2, 0.25) is 5.89 Å². The number of carbonyl (C=O) groups is 1. The van der Waals surface area contributed by atoms with Crippen molar-refractivity contribution < 1.29 is 9.21 Å². The first-order chi connectivity index (χ1) is 12.1. The zero-order chi connectivity index (χ0) is 17.6. The van der Waals surface area contributed by atoms with E-state index in [9.17, 15) is 4.79 Å². The maximum atomic E-state index is 12.0. The Morgan fingerprint density at radius 1 is 1.20 bits per heavy atom. The van der Waals surface area contributed by atoms with Crippen molar-refractivity contribution in [3.8, 4) is 0 Å². The van der Waals surface area contributed by atoms with Gasteiger partial charge in [0.05, 0.1) is 22.4 Å². The van der Waals surface area contributed by atoms with Gasteiger partial charge >= 0.3 is 6.03 Å². The van der Waals surface area contributed by atoms with Crippen LogP contribution in [0, 0.1) is 6.92 Å². The predicted octanol–water partition coefficient (Wildman–Crippen LogP) is 4.94. The quantitative estimate of drug-likeness (QED) is 0.598. The second-order valence-corrected chi connectivity index (χ2v) is 7.60. The lowest BCUT2D eigenvalue weighted by molar-refractivity contribution is 0.262. The van der Waals surface area contributed by atoms with Crippen LogP contribution in [-0.2, 0) is 12.2 Å². The number of oxazole rings is 1. The molecule has 3 aromatic rings. The van der Waals surface area contributed by atoms with Crippen LogP contribution in [0.2, 0.25) is 0 Å². The van der Waals surface area contributed by atoms with Gasteiger partial charge < -0.3 is 9.73 Å². The molecule has 6 nitrogen and oxygen atoms in total. The molecule has 2 aromatic heterocycles. The minimum absolute atomic E-state index is 0.310. The maximum absolute atomic E-state index is 12.0. The average molecular weight is 374 g/mol. The lowest BCUT2D eigenvalue weighted by Crippen LogP contribution is -2.19. The van der Waals surface area contributed by atoms with Crippen LogP contribution in [0.4, 0.5) is 15.6 Å². The Kier molecular flexibility index (Phi) is 5.72. The number of nitrogens with zero attached hydrogens (tertiary/aromatic N) is 2. The molecule has 0 unspecified atom stereocenters. The number of thiazole rings is 1. The number of aromatic nitrogens is 2. The molecule has 2 N–H and O–H groups in total. The van der Waals surface area contributed by atoms with Crippen molar-refractivity contribution in [2.45, 2.75) is 30.2 Å². The number of hydrogen-bond donors (Lipinski definition) is 2. The van der Waals surface area contributed by atoms with Gasteiger partial charge in [0.1, 0.15) is 5.76 Å². The summed E-state index contributed by atoms with van der Waals surface area (Å²) >= 11 is 3.00. The van der Waals surface area contributed by atoms with Crippen LogP contribution in [0.1, 0.15) is 24.1 Å². The molecule has 25 heavy (non-hydrogen) atoms. The molecule has 8 heteroatoms.